The zero-order valence-corrected chi connectivity index (χ0v) is 10.9. The standard InChI is InChI=1S/C12H10Cl2N4/c13-10-4-6-18(14)12(7-10)9-17-16-8-11-3-1-2-5-15-11/h1-5,7-9H,6H2. The quantitative estimate of drug-likeness (QED) is 0.485. The van der Waals surface area contributed by atoms with Crippen molar-refractivity contribution in [3.8, 4) is 0 Å². The maximum absolute atomic E-state index is 5.95. The number of hydrogen-bond acceptors (Lipinski definition) is 4. The van der Waals surface area contributed by atoms with E-state index in [0.717, 1.165) is 5.69 Å². The number of allylic oxidation sites excluding steroid dienone is 3. The topological polar surface area (TPSA) is 40.9 Å². The van der Waals surface area contributed by atoms with Crippen molar-refractivity contribution in [3.05, 3.63) is 53.0 Å². The summed E-state index contributed by atoms with van der Waals surface area (Å²) >= 11 is 11.8. The molecule has 0 amide bonds. The molecule has 1 aliphatic heterocycles. The van der Waals surface area contributed by atoms with Crippen molar-refractivity contribution in [3.63, 3.8) is 0 Å². The van der Waals surface area contributed by atoms with Gasteiger partial charge in [0.2, 0.25) is 0 Å². The molecular weight excluding hydrogens is 271 g/mol. The lowest BCUT2D eigenvalue weighted by molar-refractivity contribution is 0.643. The molecule has 0 aromatic carbocycles. The van der Waals surface area contributed by atoms with E-state index in [1.165, 1.54) is 4.42 Å². The predicted molar refractivity (Wildman–Crippen MR) is 74.9 cm³/mol. The molecule has 0 fully saturated rings. The molecule has 0 atom stereocenters. The minimum absolute atomic E-state index is 0.544. The summed E-state index contributed by atoms with van der Waals surface area (Å²) < 4.78 is 1.51. The first-order valence-corrected chi connectivity index (χ1v) is 5.95. The molecule has 0 radical (unpaired) electrons. The molecule has 1 aliphatic rings. The van der Waals surface area contributed by atoms with Crippen LogP contribution in [0.15, 0.2) is 57.5 Å². The smallest absolute Gasteiger partial charge is 0.0831 e. The maximum atomic E-state index is 5.95. The normalized spacial score (nSPS) is 16.2. The van der Waals surface area contributed by atoms with Crippen LogP contribution in [0.25, 0.3) is 0 Å². The van der Waals surface area contributed by atoms with Gasteiger partial charge in [0.25, 0.3) is 0 Å². The summed E-state index contributed by atoms with van der Waals surface area (Å²) in [7, 11) is 0. The van der Waals surface area contributed by atoms with Crippen molar-refractivity contribution >= 4 is 35.8 Å². The van der Waals surface area contributed by atoms with Crippen molar-refractivity contribution in [2.24, 2.45) is 10.2 Å². The zero-order valence-electron chi connectivity index (χ0n) is 9.37. The van der Waals surface area contributed by atoms with Gasteiger partial charge in [0.15, 0.2) is 0 Å². The molecule has 0 bridgehead atoms. The van der Waals surface area contributed by atoms with Crippen LogP contribution in [0.4, 0.5) is 0 Å². The second-order valence-electron chi connectivity index (χ2n) is 3.45. The number of rotatable bonds is 3. The van der Waals surface area contributed by atoms with E-state index in [-0.39, 0.29) is 0 Å². The second-order valence-corrected chi connectivity index (χ2v) is 4.29. The Morgan fingerprint density at radius 3 is 2.89 bits per heavy atom. The molecule has 1 aromatic heterocycles. The van der Waals surface area contributed by atoms with Crippen molar-refractivity contribution in [1.82, 2.24) is 9.40 Å². The zero-order chi connectivity index (χ0) is 12.8. The third kappa shape index (κ3) is 3.68. The van der Waals surface area contributed by atoms with Crippen LogP contribution in [-0.2, 0) is 0 Å². The third-order valence-corrected chi connectivity index (χ3v) is 2.74. The average molecular weight is 281 g/mol. The van der Waals surface area contributed by atoms with Gasteiger partial charge in [0.05, 0.1) is 30.4 Å². The van der Waals surface area contributed by atoms with Gasteiger partial charge in [-0.3, -0.25) is 9.40 Å². The molecular formula is C12H10Cl2N4. The van der Waals surface area contributed by atoms with E-state index in [2.05, 4.69) is 15.2 Å². The van der Waals surface area contributed by atoms with Crippen LogP contribution < -0.4 is 0 Å². The molecule has 0 N–H and O–H groups in total. The van der Waals surface area contributed by atoms with Gasteiger partial charge in [-0.1, -0.05) is 17.7 Å². The number of aromatic nitrogens is 1. The van der Waals surface area contributed by atoms with Crippen molar-refractivity contribution in [1.29, 1.82) is 0 Å². The van der Waals surface area contributed by atoms with Gasteiger partial charge in [-0.25, -0.2) is 0 Å². The van der Waals surface area contributed by atoms with Crippen LogP contribution in [0.1, 0.15) is 5.69 Å². The number of hydrogen-bond donors (Lipinski definition) is 0. The lowest BCUT2D eigenvalue weighted by Gasteiger charge is -2.17. The fourth-order valence-electron chi connectivity index (χ4n) is 1.28. The monoisotopic (exact) mass is 280 g/mol. The number of pyridine rings is 1. The third-order valence-electron chi connectivity index (χ3n) is 2.15. The highest BCUT2D eigenvalue weighted by molar-refractivity contribution is 6.32. The molecule has 0 spiro atoms. The lowest BCUT2D eigenvalue weighted by Crippen LogP contribution is -2.15. The highest BCUT2D eigenvalue weighted by Gasteiger charge is 2.08. The fourth-order valence-corrected chi connectivity index (χ4v) is 1.62. The molecule has 0 unspecified atom stereocenters. The van der Waals surface area contributed by atoms with E-state index < -0.39 is 0 Å². The van der Waals surface area contributed by atoms with Crippen molar-refractivity contribution < 1.29 is 0 Å². The lowest BCUT2D eigenvalue weighted by atomic mass is 10.3. The number of halogens is 2. The molecule has 2 rings (SSSR count). The summed E-state index contributed by atoms with van der Waals surface area (Å²) in [5.74, 6) is 0. The van der Waals surface area contributed by atoms with E-state index in [4.69, 9.17) is 23.4 Å². The van der Waals surface area contributed by atoms with Crippen LogP contribution >= 0.6 is 23.4 Å². The van der Waals surface area contributed by atoms with Gasteiger partial charge in [-0.15, -0.1) is 0 Å². The average Bonchev–Trinajstić information content (AvgIpc) is 2.40. The minimum Gasteiger partial charge on any atom is -0.280 e. The van der Waals surface area contributed by atoms with Crippen molar-refractivity contribution in [2.75, 3.05) is 6.54 Å². The summed E-state index contributed by atoms with van der Waals surface area (Å²) in [6.45, 7) is 0.544. The summed E-state index contributed by atoms with van der Waals surface area (Å²) in [5, 5.41) is 8.43. The minimum atomic E-state index is 0.544. The van der Waals surface area contributed by atoms with E-state index in [0.29, 0.717) is 17.3 Å². The van der Waals surface area contributed by atoms with Crippen LogP contribution in [-0.4, -0.2) is 28.4 Å². The summed E-state index contributed by atoms with van der Waals surface area (Å²) in [6.07, 6.45) is 8.33. The van der Waals surface area contributed by atoms with Gasteiger partial charge >= 0.3 is 0 Å². The molecule has 4 nitrogen and oxygen atoms in total. The maximum Gasteiger partial charge on any atom is 0.0831 e. The largest absolute Gasteiger partial charge is 0.280 e. The second kappa shape index (κ2) is 6.33. The van der Waals surface area contributed by atoms with Crippen LogP contribution in [0.3, 0.4) is 0 Å². The van der Waals surface area contributed by atoms with Gasteiger partial charge in [-0.2, -0.15) is 10.2 Å². The Hall–Kier alpha value is -1.65. The first-order chi connectivity index (χ1) is 8.75. The van der Waals surface area contributed by atoms with Crippen LogP contribution in [0.5, 0.6) is 0 Å². The summed E-state index contributed by atoms with van der Waals surface area (Å²) in [5.41, 5.74) is 1.44. The number of nitrogens with zero attached hydrogens (tertiary/aromatic N) is 4. The van der Waals surface area contributed by atoms with E-state index in [1.54, 1.807) is 24.7 Å². The SMILES string of the molecule is ClC1=CCN(Cl)C(C=NN=Cc2ccccn2)=C1. The van der Waals surface area contributed by atoms with E-state index in [1.807, 2.05) is 24.3 Å². The Morgan fingerprint density at radius 2 is 2.11 bits per heavy atom. The van der Waals surface area contributed by atoms with Gasteiger partial charge in [-0.05, 0) is 24.3 Å². The van der Waals surface area contributed by atoms with Crippen LogP contribution in [0.2, 0.25) is 0 Å². The Morgan fingerprint density at radius 1 is 1.28 bits per heavy atom. The molecule has 6 heteroatoms. The highest BCUT2D eigenvalue weighted by Crippen LogP contribution is 2.17. The van der Waals surface area contributed by atoms with E-state index in [9.17, 15) is 0 Å². The fraction of sp³-hybridized carbons (Fsp3) is 0.0833. The van der Waals surface area contributed by atoms with Crippen molar-refractivity contribution in [2.45, 2.75) is 0 Å². The van der Waals surface area contributed by atoms with Gasteiger partial charge < -0.3 is 0 Å². The Kier molecular flexibility index (Phi) is 4.50. The molecule has 92 valence electrons. The first-order valence-electron chi connectivity index (χ1n) is 5.24. The summed E-state index contributed by atoms with van der Waals surface area (Å²) in [6, 6.07) is 5.56. The predicted octanol–water partition coefficient (Wildman–Crippen LogP) is 2.96. The Balaban J connectivity index is 2.00. The highest BCUT2D eigenvalue weighted by atomic mass is 35.5. The molecule has 0 saturated heterocycles. The van der Waals surface area contributed by atoms with Gasteiger partial charge in [0.1, 0.15) is 0 Å². The van der Waals surface area contributed by atoms with Crippen LogP contribution in [0, 0.1) is 0 Å². The Labute approximate surface area is 115 Å². The summed E-state index contributed by atoms with van der Waals surface area (Å²) in [4.78, 5) is 4.09. The first kappa shape index (κ1) is 12.8. The van der Waals surface area contributed by atoms with E-state index >= 15 is 0 Å². The van der Waals surface area contributed by atoms with Gasteiger partial charge in [0, 0.05) is 23.0 Å². The molecule has 2 heterocycles. The molecule has 0 aliphatic carbocycles. The molecule has 18 heavy (non-hydrogen) atoms. The molecule has 0 saturated carbocycles. The Bertz CT molecular complexity index is 520. The molecule has 1 aromatic rings.